The normalized spacial score (nSPS) is 22.0. The Morgan fingerprint density at radius 3 is 2.50 bits per heavy atom. The molecule has 32 heavy (non-hydrogen) atoms. The highest BCUT2D eigenvalue weighted by molar-refractivity contribution is 7.91. The molecule has 2 N–H and O–H groups in total. The Morgan fingerprint density at radius 1 is 1.22 bits per heavy atom. The summed E-state index contributed by atoms with van der Waals surface area (Å²) in [6.07, 6.45) is 0.820. The molecule has 3 heterocycles. The number of benzene rings is 1. The Kier molecular flexibility index (Phi) is 6.95. The molecule has 2 fully saturated rings. The van der Waals surface area contributed by atoms with Gasteiger partial charge in [0.15, 0.2) is 0 Å². The molecule has 2 aromatic rings. The van der Waals surface area contributed by atoms with E-state index < -0.39 is 15.6 Å². The average Bonchev–Trinajstić information content (AvgIpc) is 3.26. The molecular weight excluding hydrogens is 446 g/mol. The van der Waals surface area contributed by atoms with Gasteiger partial charge in [0.1, 0.15) is 4.21 Å². The third-order valence-corrected chi connectivity index (χ3v) is 9.46. The Hall–Kier alpha value is -1.49. The van der Waals surface area contributed by atoms with Crippen LogP contribution < -0.4 is 10.2 Å². The van der Waals surface area contributed by atoms with Crippen molar-refractivity contribution in [1.29, 1.82) is 0 Å². The summed E-state index contributed by atoms with van der Waals surface area (Å²) in [7, 11) is -3.48. The summed E-state index contributed by atoms with van der Waals surface area (Å²) in [4.78, 5) is 2.31. The summed E-state index contributed by atoms with van der Waals surface area (Å²) in [5.41, 5.74) is 1.02. The van der Waals surface area contributed by atoms with E-state index in [9.17, 15) is 13.5 Å². The maximum absolute atomic E-state index is 13.2. The van der Waals surface area contributed by atoms with Gasteiger partial charge >= 0.3 is 0 Å². The van der Waals surface area contributed by atoms with E-state index in [4.69, 9.17) is 4.74 Å². The summed E-state index contributed by atoms with van der Waals surface area (Å²) in [5.74, 6) is 0. The molecule has 0 unspecified atom stereocenters. The summed E-state index contributed by atoms with van der Waals surface area (Å²) < 4.78 is 33.6. The summed E-state index contributed by atoms with van der Waals surface area (Å²) in [6, 6.07) is 12.1. The first kappa shape index (κ1) is 23.7. The number of nitrogens with zero attached hydrogens (tertiary/aromatic N) is 2. The van der Waals surface area contributed by atoms with Gasteiger partial charge in [-0.1, -0.05) is 18.2 Å². The number of sulfonamides is 1. The number of piperazine rings is 1. The van der Waals surface area contributed by atoms with Gasteiger partial charge in [0.2, 0.25) is 0 Å². The van der Waals surface area contributed by atoms with E-state index >= 15 is 0 Å². The molecule has 176 valence electrons. The van der Waals surface area contributed by atoms with Crippen LogP contribution >= 0.6 is 11.3 Å². The van der Waals surface area contributed by atoms with Gasteiger partial charge in [-0.15, -0.1) is 11.3 Å². The first-order valence-corrected chi connectivity index (χ1v) is 13.4. The van der Waals surface area contributed by atoms with Gasteiger partial charge in [0, 0.05) is 37.4 Å². The average molecular weight is 480 g/mol. The maximum Gasteiger partial charge on any atom is 0.252 e. The number of hydrogen-bond donors (Lipinski definition) is 2. The molecule has 2 aliphatic rings. The lowest BCUT2D eigenvalue weighted by molar-refractivity contribution is -0.00992. The maximum atomic E-state index is 13.2. The molecule has 2 atom stereocenters. The smallest absolute Gasteiger partial charge is 0.252 e. The van der Waals surface area contributed by atoms with Crippen molar-refractivity contribution < 1.29 is 18.3 Å². The lowest BCUT2D eigenvalue weighted by Gasteiger charge is -2.43. The largest absolute Gasteiger partial charge is 0.386 e. The lowest BCUT2D eigenvalue weighted by atomic mass is 9.97. The number of nitrogens with one attached hydrogen (secondary N) is 1. The molecule has 0 bridgehead atoms. The quantitative estimate of drug-likeness (QED) is 0.606. The molecular formula is C23H33N3O4S2. The van der Waals surface area contributed by atoms with Crippen LogP contribution in [0.5, 0.6) is 0 Å². The minimum Gasteiger partial charge on any atom is -0.386 e. The van der Waals surface area contributed by atoms with Gasteiger partial charge in [-0.3, -0.25) is 0 Å². The molecule has 2 aliphatic heterocycles. The molecule has 0 saturated carbocycles. The van der Waals surface area contributed by atoms with Gasteiger partial charge in [-0.25, -0.2) is 8.42 Å². The second-order valence-corrected chi connectivity index (χ2v) is 12.4. The van der Waals surface area contributed by atoms with Crippen LogP contribution in [0.2, 0.25) is 0 Å². The van der Waals surface area contributed by atoms with Crippen molar-refractivity contribution in [2.75, 3.05) is 37.7 Å². The molecule has 1 aromatic carbocycles. The molecule has 1 aromatic heterocycles. The van der Waals surface area contributed by atoms with E-state index in [1.165, 1.54) is 11.3 Å². The van der Waals surface area contributed by atoms with E-state index in [0.717, 1.165) is 30.9 Å². The fourth-order valence-electron chi connectivity index (χ4n) is 4.40. The van der Waals surface area contributed by atoms with Crippen LogP contribution in [-0.4, -0.2) is 68.8 Å². The van der Waals surface area contributed by atoms with Crippen molar-refractivity contribution in [2.24, 2.45) is 0 Å². The number of rotatable bonds is 8. The van der Waals surface area contributed by atoms with Gasteiger partial charge in [0.05, 0.1) is 24.9 Å². The van der Waals surface area contributed by atoms with E-state index in [2.05, 4.69) is 17.1 Å². The van der Waals surface area contributed by atoms with Crippen molar-refractivity contribution in [3.8, 4) is 0 Å². The zero-order valence-corrected chi connectivity index (χ0v) is 20.5. The number of anilines is 1. The second-order valence-electron chi connectivity index (χ2n) is 9.29. The monoisotopic (exact) mass is 479 g/mol. The molecule has 0 amide bonds. The summed E-state index contributed by atoms with van der Waals surface area (Å²) in [5, 5.41) is 15.7. The highest BCUT2D eigenvalue weighted by Gasteiger charge is 2.36. The fourth-order valence-corrected chi connectivity index (χ4v) is 7.01. The van der Waals surface area contributed by atoms with Crippen LogP contribution in [0.3, 0.4) is 0 Å². The van der Waals surface area contributed by atoms with Crippen LogP contribution in [0.15, 0.2) is 46.0 Å². The molecule has 9 heteroatoms. The van der Waals surface area contributed by atoms with Gasteiger partial charge in [-0.05, 0) is 56.3 Å². The van der Waals surface area contributed by atoms with Crippen LogP contribution in [0.1, 0.15) is 32.8 Å². The summed E-state index contributed by atoms with van der Waals surface area (Å²) in [6.45, 7) is 8.68. The predicted octanol–water partition coefficient (Wildman–Crippen LogP) is 2.62. The van der Waals surface area contributed by atoms with Crippen LogP contribution in [0.4, 0.5) is 5.69 Å². The minimum atomic E-state index is -3.48. The molecule has 0 radical (unpaired) electrons. The molecule has 2 saturated heterocycles. The van der Waals surface area contributed by atoms with Crippen molar-refractivity contribution in [2.45, 2.75) is 55.1 Å². The van der Waals surface area contributed by atoms with Crippen LogP contribution in [-0.2, 0) is 20.4 Å². The minimum absolute atomic E-state index is 0.0370. The first-order chi connectivity index (χ1) is 15.1. The van der Waals surface area contributed by atoms with Crippen molar-refractivity contribution in [3.05, 3.63) is 47.3 Å². The third kappa shape index (κ3) is 5.18. The van der Waals surface area contributed by atoms with Crippen LogP contribution in [0.25, 0.3) is 0 Å². The Bertz CT molecular complexity index is 983. The first-order valence-electron chi connectivity index (χ1n) is 11.1. The molecule has 4 rings (SSSR count). The second kappa shape index (κ2) is 9.40. The highest BCUT2D eigenvalue weighted by atomic mass is 32.2. The fraction of sp³-hybridized carbons (Fsp3) is 0.565. The molecule has 0 aliphatic carbocycles. The predicted molar refractivity (Wildman–Crippen MR) is 128 cm³/mol. The number of ether oxygens (including phenoxy) is 1. The number of hydrogen-bond acceptors (Lipinski definition) is 7. The standard InChI is InChI=1S/C23H33N3O4S2/c1-17(24-19-15-30-16-19)13-21-14-25(32(28,29)22-5-4-12-31-22)10-11-26(21)20-8-6-18(7-9-20)23(2,3)27/h4-9,12,17,19,21,24,27H,10-11,13-16H2,1-3H3/t17-,21-/m0/s1. The van der Waals surface area contributed by atoms with Gasteiger partial charge in [-0.2, -0.15) is 4.31 Å². The van der Waals surface area contributed by atoms with Crippen molar-refractivity contribution in [1.82, 2.24) is 9.62 Å². The Morgan fingerprint density at radius 2 is 1.94 bits per heavy atom. The Balaban J connectivity index is 1.54. The van der Waals surface area contributed by atoms with Gasteiger partial charge < -0.3 is 20.1 Å². The van der Waals surface area contributed by atoms with Crippen molar-refractivity contribution in [3.63, 3.8) is 0 Å². The van der Waals surface area contributed by atoms with Crippen molar-refractivity contribution >= 4 is 27.0 Å². The van der Waals surface area contributed by atoms with E-state index in [0.29, 0.717) is 29.9 Å². The zero-order valence-electron chi connectivity index (χ0n) is 18.9. The Labute approximate surface area is 195 Å². The van der Waals surface area contributed by atoms with E-state index in [-0.39, 0.29) is 12.1 Å². The number of aliphatic hydroxyl groups is 1. The summed E-state index contributed by atoms with van der Waals surface area (Å²) >= 11 is 1.27. The lowest BCUT2D eigenvalue weighted by Crippen LogP contribution is -2.57. The van der Waals surface area contributed by atoms with E-state index in [1.807, 2.05) is 24.3 Å². The SMILES string of the molecule is C[C@@H](C[C@H]1CN(S(=O)(=O)c2cccs2)CCN1c1ccc(C(C)(C)O)cc1)NC1COC1. The van der Waals surface area contributed by atoms with Crippen LogP contribution in [0, 0.1) is 0 Å². The molecule has 0 spiro atoms. The topological polar surface area (TPSA) is 82.1 Å². The van der Waals surface area contributed by atoms with Gasteiger partial charge in [0.25, 0.3) is 10.0 Å². The zero-order chi connectivity index (χ0) is 22.9. The third-order valence-electron chi connectivity index (χ3n) is 6.22. The molecule has 7 nitrogen and oxygen atoms in total. The van der Waals surface area contributed by atoms with E-state index in [1.54, 1.807) is 35.7 Å². The highest BCUT2D eigenvalue weighted by Crippen LogP contribution is 2.30. The number of thiophene rings is 1.